The summed E-state index contributed by atoms with van der Waals surface area (Å²) in [6.07, 6.45) is -9.36. The number of alkyl halides is 6. The van der Waals surface area contributed by atoms with Crippen molar-refractivity contribution in [3.8, 4) is 17.0 Å². The van der Waals surface area contributed by atoms with Crippen molar-refractivity contribution in [2.24, 2.45) is 5.73 Å². The number of ether oxygens (including phenoxy) is 1. The topological polar surface area (TPSA) is 127 Å². The maximum absolute atomic E-state index is 14.6. The van der Waals surface area contributed by atoms with Gasteiger partial charge in [0.05, 0.1) is 23.3 Å². The van der Waals surface area contributed by atoms with Crippen LogP contribution in [-0.4, -0.2) is 46.2 Å². The summed E-state index contributed by atoms with van der Waals surface area (Å²) >= 11 is 0. The minimum absolute atomic E-state index is 0.0660. The Kier molecular flexibility index (Phi) is 7.27. The molecule has 0 bridgehead atoms. The maximum Gasteiger partial charge on any atom is 0.424 e. The minimum Gasteiger partial charge on any atom is -0.489 e. The summed E-state index contributed by atoms with van der Waals surface area (Å²) in [6.45, 7) is -0.665. The van der Waals surface area contributed by atoms with Crippen LogP contribution in [0.25, 0.3) is 22.2 Å². The molecule has 8 nitrogen and oxygen atoms in total. The first kappa shape index (κ1) is 30.7. The van der Waals surface area contributed by atoms with Crippen molar-refractivity contribution >= 4 is 22.7 Å². The summed E-state index contributed by atoms with van der Waals surface area (Å²) in [5.74, 6) is -3.13. The zero-order valence-electron chi connectivity index (χ0n) is 22.5. The molecule has 2 amide bonds. The van der Waals surface area contributed by atoms with Crippen LogP contribution in [0, 0.1) is 5.82 Å². The number of pyridine rings is 2. The third-order valence-electron chi connectivity index (χ3n) is 7.40. The zero-order chi connectivity index (χ0) is 32.2. The number of nitrogens with one attached hydrogen (secondary N) is 1. The number of amides is 2. The molecule has 4 N–H and O–H groups in total. The van der Waals surface area contributed by atoms with Crippen molar-refractivity contribution in [3.05, 3.63) is 89.0 Å². The van der Waals surface area contributed by atoms with Gasteiger partial charge in [-0.05, 0) is 55.5 Å². The molecule has 0 saturated heterocycles. The summed E-state index contributed by atoms with van der Waals surface area (Å²) in [4.78, 5) is 33.0. The lowest BCUT2D eigenvalue weighted by Gasteiger charge is -2.31. The lowest BCUT2D eigenvalue weighted by molar-refractivity contribution is -0.265. The summed E-state index contributed by atoms with van der Waals surface area (Å²) in [5.41, 5.74) is -3.93. The van der Waals surface area contributed by atoms with Crippen LogP contribution in [0.15, 0.2) is 60.8 Å². The van der Waals surface area contributed by atoms with Gasteiger partial charge in [-0.25, -0.2) is 9.37 Å². The molecule has 0 spiro atoms. The second kappa shape index (κ2) is 10.4. The molecule has 2 atom stereocenters. The van der Waals surface area contributed by atoms with E-state index < -0.39 is 69.9 Å². The number of hydrogen-bond acceptors (Lipinski definition) is 6. The van der Waals surface area contributed by atoms with E-state index >= 15 is 0 Å². The van der Waals surface area contributed by atoms with E-state index in [1.807, 2.05) is 5.32 Å². The number of hydrogen-bond donors (Lipinski definition) is 3. The van der Waals surface area contributed by atoms with Gasteiger partial charge < -0.3 is 20.9 Å². The summed E-state index contributed by atoms with van der Waals surface area (Å²) in [6, 6.07) is 9.15. The Morgan fingerprint density at radius 3 is 2.36 bits per heavy atom. The van der Waals surface area contributed by atoms with Gasteiger partial charge >= 0.3 is 12.4 Å². The van der Waals surface area contributed by atoms with E-state index in [0.717, 1.165) is 30.5 Å². The number of benzene rings is 2. The SMILES string of the molecule is C[C@]1(C(N)=O)COc2c1cc([C@@](O)(CNC(=O)c1cc(C(F)(F)F)c3ncccc3c1)C(F)(F)F)nc2-c1ccc(F)cc1. The van der Waals surface area contributed by atoms with E-state index in [-0.39, 0.29) is 34.6 Å². The Balaban J connectivity index is 1.60. The first-order valence-corrected chi connectivity index (χ1v) is 12.7. The number of nitrogens with zero attached hydrogens (tertiary/aromatic N) is 2. The molecule has 0 radical (unpaired) electrons. The van der Waals surface area contributed by atoms with Crippen LogP contribution in [0.5, 0.6) is 5.75 Å². The number of fused-ring (bicyclic) bond motifs is 2. The Bertz CT molecular complexity index is 1790. The highest BCUT2D eigenvalue weighted by Crippen LogP contribution is 2.47. The third kappa shape index (κ3) is 5.16. The van der Waals surface area contributed by atoms with Crippen LogP contribution in [0.4, 0.5) is 30.7 Å². The van der Waals surface area contributed by atoms with E-state index in [0.29, 0.717) is 6.07 Å². The third-order valence-corrected chi connectivity index (χ3v) is 7.40. The molecule has 2 aromatic heterocycles. The van der Waals surface area contributed by atoms with Crippen molar-refractivity contribution < 1.29 is 50.2 Å². The fourth-order valence-corrected chi connectivity index (χ4v) is 4.79. The van der Waals surface area contributed by atoms with Crippen LogP contribution in [0.1, 0.15) is 34.1 Å². The molecule has 2 aromatic carbocycles. The number of aliphatic hydroxyl groups is 1. The number of nitrogens with two attached hydrogens (primary N) is 1. The molecule has 15 heteroatoms. The van der Waals surface area contributed by atoms with Crippen LogP contribution in [0.2, 0.25) is 0 Å². The van der Waals surface area contributed by atoms with Gasteiger partial charge in [-0.15, -0.1) is 0 Å². The van der Waals surface area contributed by atoms with Crippen LogP contribution < -0.4 is 15.8 Å². The van der Waals surface area contributed by atoms with E-state index in [1.165, 1.54) is 31.2 Å². The normalized spacial score (nSPS) is 17.9. The number of carbonyl (C=O) groups excluding carboxylic acids is 2. The average molecular weight is 622 g/mol. The lowest BCUT2D eigenvalue weighted by Crippen LogP contribution is -2.51. The van der Waals surface area contributed by atoms with Crippen molar-refractivity contribution in [3.63, 3.8) is 0 Å². The maximum atomic E-state index is 14.6. The summed E-state index contributed by atoms with van der Waals surface area (Å²) < 4.78 is 104. The smallest absolute Gasteiger partial charge is 0.424 e. The van der Waals surface area contributed by atoms with Gasteiger partial charge in [0, 0.05) is 28.3 Å². The average Bonchev–Trinajstić information content (AvgIpc) is 3.31. The number of rotatable bonds is 6. The van der Waals surface area contributed by atoms with Crippen molar-refractivity contribution in [2.75, 3.05) is 13.2 Å². The molecule has 3 heterocycles. The minimum atomic E-state index is -5.52. The molecular weight excluding hydrogens is 601 g/mol. The molecule has 230 valence electrons. The van der Waals surface area contributed by atoms with Gasteiger partial charge in [-0.2, -0.15) is 26.3 Å². The quantitative estimate of drug-likeness (QED) is 0.266. The first-order valence-electron chi connectivity index (χ1n) is 12.7. The number of aromatic nitrogens is 2. The van der Waals surface area contributed by atoms with Gasteiger partial charge in [0.15, 0.2) is 0 Å². The van der Waals surface area contributed by atoms with Crippen molar-refractivity contribution in [2.45, 2.75) is 30.3 Å². The molecule has 0 fully saturated rings. The number of primary amides is 1. The molecule has 1 aliphatic heterocycles. The van der Waals surface area contributed by atoms with Crippen LogP contribution in [-0.2, 0) is 22.0 Å². The molecule has 0 unspecified atom stereocenters. The molecule has 0 saturated carbocycles. The lowest BCUT2D eigenvalue weighted by atomic mass is 9.81. The molecule has 1 aliphatic rings. The summed E-state index contributed by atoms with van der Waals surface area (Å²) in [7, 11) is 0. The highest BCUT2D eigenvalue weighted by molar-refractivity contribution is 5.99. The highest BCUT2D eigenvalue weighted by atomic mass is 19.4. The predicted octanol–water partition coefficient (Wildman–Crippen LogP) is 4.77. The second-order valence-electron chi connectivity index (χ2n) is 10.4. The first-order chi connectivity index (χ1) is 20.5. The molecular formula is C29H21F7N4O4. The second-order valence-corrected chi connectivity index (χ2v) is 10.4. The van der Waals surface area contributed by atoms with Gasteiger partial charge in [-0.1, -0.05) is 6.07 Å². The molecule has 0 aliphatic carbocycles. The van der Waals surface area contributed by atoms with Crippen LogP contribution in [0.3, 0.4) is 0 Å². The van der Waals surface area contributed by atoms with Gasteiger partial charge in [0.2, 0.25) is 11.5 Å². The number of halogens is 7. The van der Waals surface area contributed by atoms with Crippen molar-refractivity contribution in [1.29, 1.82) is 0 Å². The van der Waals surface area contributed by atoms with E-state index in [2.05, 4.69) is 9.97 Å². The highest BCUT2D eigenvalue weighted by Gasteiger charge is 2.57. The number of carbonyl (C=O) groups is 2. The monoisotopic (exact) mass is 622 g/mol. The zero-order valence-corrected chi connectivity index (χ0v) is 22.5. The van der Waals surface area contributed by atoms with Gasteiger partial charge in [-0.3, -0.25) is 14.6 Å². The Morgan fingerprint density at radius 2 is 1.75 bits per heavy atom. The Hall–Kier alpha value is -4.79. The Morgan fingerprint density at radius 1 is 1.07 bits per heavy atom. The summed E-state index contributed by atoms with van der Waals surface area (Å²) in [5, 5.41) is 12.9. The fourth-order valence-electron chi connectivity index (χ4n) is 4.79. The Labute approximate surface area is 243 Å². The molecule has 4 aromatic rings. The van der Waals surface area contributed by atoms with Crippen molar-refractivity contribution in [1.82, 2.24) is 15.3 Å². The fraction of sp³-hybridized carbons (Fsp3) is 0.241. The van der Waals surface area contributed by atoms with E-state index in [9.17, 15) is 45.4 Å². The standard InChI is InChI=1S/C29H21F7N4O4/c1-26(25(37)42)13-44-23-19(26)11-20(40-22(23)14-4-6-17(30)7-5-14)27(43,29(34,35)36)12-39-24(41)16-9-15-3-2-8-38-21(15)18(10-16)28(31,32)33/h2-11,43H,12-13H2,1H3,(H2,37,42)(H,39,41)/t26-,27-/m0/s1. The predicted molar refractivity (Wildman–Crippen MR) is 141 cm³/mol. The molecule has 44 heavy (non-hydrogen) atoms. The van der Waals surface area contributed by atoms with Crippen LogP contribution >= 0.6 is 0 Å². The van der Waals surface area contributed by atoms with Gasteiger partial charge in [0.1, 0.15) is 29.3 Å². The van der Waals surface area contributed by atoms with E-state index in [1.54, 1.807) is 0 Å². The van der Waals surface area contributed by atoms with E-state index in [4.69, 9.17) is 10.5 Å². The molecule has 5 rings (SSSR count). The van der Waals surface area contributed by atoms with Gasteiger partial charge in [0.25, 0.3) is 5.91 Å². The largest absolute Gasteiger partial charge is 0.489 e.